The van der Waals surface area contributed by atoms with Crippen LogP contribution in [0.15, 0.2) is 15.9 Å². The fourth-order valence-corrected chi connectivity index (χ4v) is 3.94. The van der Waals surface area contributed by atoms with Gasteiger partial charge in [-0.1, -0.05) is 71.1 Å². The van der Waals surface area contributed by atoms with Crippen molar-refractivity contribution in [1.82, 2.24) is 0 Å². The summed E-state index contributed by atoms with van der Waals surface area (Å²) in [6, 6.07) is 2.03. The fraction of sp³-hybridized carbons (Fsp3) is 0.765. The predicted molar refractivity (Wildman–Crippen MR) is 93.4 cm³/mol. The maximum absolute atomic E-state index is 10.0. The van der Waals surface area contributed by atoms with Crippen LogP contribution in [0, 0.1) is 0 Å². The molecule has 1 atom stereocenters. The molecule has 1 heterocycles. The second-order valence-electron chi connectivity index (χ2n) is 5.65. The van der Waals surface area contributed by atoms with Crippen molar-refractivity contribution in [3.8, 4) is 0 Å². The first-order chi connectivity index (χ1) is 9.74. The molecule has 1 aromatic rings. The highest BCUT2D eigenvalue weighted by molar-refractivity contribution is 9.10. The molecular formula is C17H29BrOS. The molecule has 0 bridgehead atoms. The van der Waals surface area contributed by atoms with E-state index in [0.29, 0.717) is 0 Å². The fourth-order valence-electron chi connectivity index (χ4n) is 2.47. The van der Waals surface area contributed by atoms with Crippen molar-refractivity contribution in [2.75, 3.05) is 0 Å². The maximum Gasteiger partial charge on any atom is 0.0882 e. The topological polar surface area (TPSA) is 20.2 Å². The molecule has 1 rings (SSSR count). The summed E-state index contributed by atoms with van der Waals surface area (Å²) in [6.07, 6.45) is 14.1. The Kier molecular flexibility index (Phi) is 10.7. The van der Waals surface area contributed by atoms with E-state index in [1.807, 2.05) is 11.4 Å². The number of aliphatic hydroxyl groups is 1. The van der Waals surface area contributed by atoms with Crippen LogP contribution in [0.2, 0.25) is 0 Å². The van der Waals surface area contributed by atoms with E-state index >= 15 is 0 Å². The van der Waals surface area contributed by atoms with Gasteiger partial charge in [-0.15, -0.1) is 11.3 Å². The lowest BCUT2D eigenvalue weighted by Crippen LogP contribution is -1.94. The molecule has 3 heteroatoms. The van der Waals surface area contributed by atoms with Crippen molar-refractivity contribution >= 4 is 27.3 Å². The van der Waals surface area contributed by atoms with Gasteiger partial charge in [0, 0.05) is 14.7 Å². The van der Waals surface area contributed by atoms with Gasteiger partial charge < -0.3 is 5.11 Å². The van der Waals surface area contributed by atoms with Crippen LogP contribution in [0.25, 0.3) is 0 Å². The Labute approximate surface area is 136 Å². The van der Waals surface area contributed by atoms with E-state index in [1.54, 1.807) is 11.3 Å². The lowest BCUT2D eigenvalue weighted by Gasteiger charge is -2.08. The molecule has 0 aliphatic carbocycles. The molecule has 0 saturated carbocycles. The third-order valence-electron chi connectivity index (χ3n) is 3.75. The Hall–Kier alpha value is 0.140. The number of rotatable bonds is 12. The Balaban J connectivity index is 1.89. The van der Waals surface area contributed by atoms with Crippen LogP contribution in [-0.2, 0) is 0 Å². The van der Waals surface area contributed by atoms with Gasteiger partial charge in [0.25, 0.3) is 0 Å². The standard InChI is InChI=1S/C17H29BrOS/c1-2-3-4-5-6-7-8-9-10-11-12-16(19)17-13-15(18)14-20-17/h13-14,16,19H,2-12H2,1H3. The summed E-state index contributed by atoms with van der Waals surface area (Å²) in [5.41, 5.74) is 0. The number of aliphatic hydroxyl groups excluding tert-OH is 1. The first kappa shape index (κ1) is 18.2. The molecule has 116 valence electrons. The summed E-state index contributed by atoms with van der Waals surface area (Å²) in [7, 11) is 0. The summed E-state index contributed by atoms with van der Waals surface area (Å²) in [5, 5.41) is 12.1. The van der Waals surface area contributed by atoms with Crippen LogP contribution in [0.1, 0.15) is 88.5 Å². The minimum atomic E-state index is -0.264. The molecule has 0 fully saturated rings. The normalized spacial score (nSPS) is 12.8. The van der Waals surface area contributed by atoms with Gasteiger partial charge in [-0.3, -0.25) is 0 Å². The molecule has 1 aromatic heterocycles. The van der Waals surface area contributed by atoms with Crippen LogP contribution >= 0.6 is 27.3 Å². The SMILES string of the molecule is CCCCCCCCCCCCC(O)c1cc(Br)cs1. The third kappa shape index (κ3) is 8.43. The molecule has 0 aliphatic heterocycles. The molecule has 0 aromatic carbocycles. The Morgan fingerprint density at radius 3 is 2.05 bits per heavy atom. The van der Waals surface area contributed by atoms with Crippen molar-refractivity contribution in [2.45, 2.75) is 83.7 Å². The third-order valence-corrected chi connectivity index (χ3v) is 5.54. The zero-order chi connectivity index (χ0) is 14.6. The lowest BCUT2D eigenvalue weighted by molar-refractivity contribution is 0.167. The minimum Gasteiger partial charge on any atom is -0.388 e. The van der Waals surface area contributed by atoms with Crippen LogP contribution in [0.5, 0.6) is 0 Å². The van der Waals surface area contributed by atoms with Crippen LogP contribution in [-0.4, -0.2) is 5.11 Å². The van der Waals surface area contributed by atoms with Gasteiger partial charge in [-0.25, -0.2) is 0 Å². The lowest BCUT2D eigenvalue weighted by atomic mass is 10.0. The van der Waals surface area contributed by atoms with Gasteiger partial charge >= 0.3 is 0 Å². The molecule has 0 amide bonds. The average Bonchev–Trinajstić information content (AvgIpc) is 2.87. The average molecular weight is 361 g/mol. The molecule has 0 saturated heterocycles. The summed E-state index contributed by atoms with van der Waals surface area (Å²) in [5.74, 6) is 0. The second-order valence-corrected chi connectivity index (χ2v) is 7.51. The first-order valence-corrected chi connectivity index (χ1v) is 9.83. The Morgan fingerprint density at radius 1 is 1.00 bits per heavy atom. The number of hydrogen-bond donors (Lipinski definition) is 1. The Bertz CT molecular complexity index is 337. The van der Waals surface area contributed by atoms with Gasteiger partial charge in [0.2, 0.25) is 0 Å². The van der Waals surface area contributed by atoms with Crippen LogP contribution < -0.4 is 0 Å². The Morgan fingerprint density at radius 2 is 1.55 bits per heavy atom. The molecule has 1 nitrogen and oxygen atoms in total. The second kappa shape index (κ2) is 11.8. The molecular weight excluding hydrogens is 332 g/mol. The van der Waals surface area contributed by atoms with Gasteiger partial charge in [-0.2, -0.15) is 0 Å². The van der Waals surface area contributed by atoms with Crippen molar-refractivity contribution in [3.05, 3.63) is 20.8 Å². The molecule has 0 aliphatic rings. The van der Waals surface area contributed by atoms with Gasteiger partial charge in [0.05, 0.1) is 6.10 Å². The summed E-state index contributed by atoms with van der Waals surface area (Å²) < 4.78 is 1.08. The van der Waals surface area contributed by atoms with Crippen molar-refractivity contribution < 1.29 is 5.11 Å². The smallest absolute Gasteiger partial charge is 0.0882 e. The molecule has 0 radical (unpaired) electrons. The van der Waals surface area contributed by atoms with E-state index in [4.69, 9.17) is 0 Å². The number of halogens is 1. The summed E-state index contributed by atoms with van der Waals surface area (Å²) in [4.78, 5) is 1.09. The quantitative estimate of drug-likeness (QED) is 0.403. The molecule has 20 heavy (non-hydrogen) atoms. The maximum atomic E-state index is 10.0. The molecule has 0 spiro atoms. The zero-order valence-electron chi connectivity index (χ0n) is 12.7. The number of thiophene rings is 1. The summed E-state index contributed by atoms with van der Waals surface area (Å²) >= 11 is 5.07. The minimum absolute atomic E-state index is 0.264. The van der Waals surface area contributed by atoms with Crippen LogP contribution in [0.3, 0.4) is 0 Å². The molecule has 1 unspecified atom stereocenters. The first-order valence-electron chi connectivity index (χ1n) is 8.16. The zero-order valence-corrected chi connectivity index (χ0v) is 15.1. The van der Waals surface area contributed by atoms with E-state index in [9.17, 15) is 5.11 Å². The largest absolute Gasteiger partial charge is 0.388 e. The van der Waals surface area contributed by atoms with E-state index in [1.165, 1.54) is 57.8 Å². The van der Waals surface area contributed by atoms with E-state index in [0.717, 1.165) is 22.2 Å². The van der Waals surface area contributed by atoms with Crippen molar-refractivity contribution in [1.29, 1.82) is 0 Å². The van der Waals surface area contributed by atoms with E-state index in [-0.39, 0.29) is 6.10 Å². The van der Waals surface area contributed by atoms with Crippen LogP contribution in [0.4, 0.5) is 0 Å². The van der Waals surface area contributed by atoms with Crippen molar-refractivity contribution in [3.63, 3.8) is 0 Å². The predicted octanol–water partition coefficient (Wildman–Crippen LogP) is 6.86. The molecule has 1 N–H and O–H groups in total. The number of unbranched alkanes of at least 4 members (excludes halogenated alkanes) is 9. The van der Waals surface area contributed by atoms with Crippen molar-refractivity contribution in [2.24, 2.45) is 0 Å². The highest BCUT2D eigenvalue weighted by atomic mass is 79.9. The van der Waals surface area contributed by atoms with Gasteiger partial charge in [0.15, 0.2) is 0 Å². The van der Waals surface area contributed by atoms with Gasteiger partial charge in [0.1, 0.15) is 0 Å². The summed E-state index contributed by atoms with van der Waals surface area (Å²) in [6.45, 7) is 2.27. The number of hydrogen-bond acceptors (Lipinski definition) is 2. The van der Waals surface area contributed by atoms with Gasteiger partial charge in [-0.05, 0) is 28.4 Å². The van der Waals surface area contributed by atoms with E-state index < -0.39 is 0 Å². The van der Waals surface area contributed by atoms with E-state index in [2.05, 4.69) is 22.9 Å². The highest BCUT2D eigenvalue weighted by Gasteiger charge is 2.09. The monoisotopic (exact) mass is 360 g/mol. The highest BCUT2D eigenvalue weighted by Crippen LogP contribution is 2.28.